The molecule has 1 aliphatic heterocycles. The molecule has 0 amide bonds. The van der Waals surface area contributed by atoms with Gasteiger partial charge >= 0.3 is 0 Å². The Morgan fingerprint density at radius 2 is 1.28 bits per heavy atom. The van der Waals surface area contributed by atoms with E-state index >= 15 is 0 Å². The number of para-hydroxylation sites is 4. The van der Waals surface area contributed by atoms with E-state index in [0.29, 0.717) is 5.66 Å². The normalized spacial score (nSPS) is 13.0. The van der Waals surface area contributed by atoms with E-state index < -0.39 is 0 Å². The zero-order chi connectivity index (χ0) is 39.2. The molecule has 58 heavy (non-hydrogen) atoms. The molecule has 6 aromatic carbocycles. The van der Waals surface area contributed by atoms with Crippen LogP contribution in [0.5, 0.6) is 5.75 Å². The molecule has 10 rings (SSSR count). The highest BCUT2D eigenvalue weighted by molar-refractivity contribution is 6.65. The van der Waals surface area contributed by atoms with Gasteiger partial charge in [-0.25, -0.2) is 4.98 Å². The van der Waals surface area contributed by atoms with E-state index in [1.807, 2.05) is 18.3 Å². The van der Waals surface area contributed by atoms with Gasteiger partial charge in [0.2, 0.25) is 7.28 Å². The summed E-state index contributed by atoms with van der Waals surface area (Å²) in [6.45, 7) is 6.70. The van der Waals surface area contributed by atoms with E-state index in [2.05, 4.69) is 218 Å². The van der Waals surface area contributed by atoms with Crippen molar-refractivity contribution in [3.63, 3.8) is 0 Å². The first-order chi connectivity index (χ1) is 28.4. The monoisotopic (exact) mass is 747 g/mol. The summed E-state index contributed by atoms with van der Waals surface area (Å²) in [5.41, 5.74) is 12.7. The summed E-state index contributed by atoms with van der Waals surface area (Å²) in [6.07, 6.45) is 13.9. The van der Waals surface area contributed by atoms with Crippen LogP contribution in [0.25, 0.3) is 72.2 Å². The van der Waals surface area contributed by atoms with Crippen molar-refractivity contribution < 1.29 is 9.30 Å². The number of allylic oxidation sites excluding steroid dienone is 4. The summed E-state index contributed by atoms with van der Waals surface area (Å²) in [4.78, 5) is 4.87. The second-order valence-corrected chi connectivity index (χ2v) is 15.7. The van der Waals surface area contributed by atoms with E-state index in [9.17, 15) is 0 Å². The lowest BCUT2D eigenvalue weighted by Gasteiger charge is -2.20. The summed E-state index contributed by atoms with van der Waals surface area (Å²) in [5, 5.41) is 2.32. The van der Waals surface area contributed by atoms with Crippen LogP contribution in [0, 0.1) is 6.33 Å². The number of ether oxygens (including phenoxy) is 1. The molecule has 6 heteroatoms. The van der Waals surface area contributed by atoms with E-state index in [-0.39, 0.29) is 5.41 Å². The second kappa shape index (κ2) is 14.4. The van der Waals surface area contributed by atoms with E-state index in [1.54, 1.807) is 0 Å². The molecule has 277 valence electrons. The third-order valence-corrected chi connectivity index (χ3v) is 10.9. The first kappa shape index (κ1) is 35.3. The minimum absolute atomic E-state index is 0.0114. The molecule has 0 unspecified atom stereocenters. The quantitative estimate of drug-likeness (QED) is 0.0925. The van der Waals surface area contributed by atoms with Crippen molar-refractivity contribution >= 4 is 45.7 Å². The third-order valence-electron chi connectivity index (χ3n) is 10.9. The predicted molar refractivity (Wildman–Crippen MR) is 238 cm³/mol. The smallest absolute Gasteiger partial charge is 0.269 e. The minimum Gasteiger partial charge on any atom is -0.473 e. The van der Waals surface area contributed by atoms with Gasteiger partial charge in [-0.15, -0.1) is 0 Å². The molecule has 0 aliphatic carbocycles. The number of imidazole rings is 1. The average Bonchev–Trinajstić information content (AvgIpc) is 3.70. The van der Waals surface area contributed by atoms with Crippen molar-refractivity contribution in [1.29, 1.82) is 0 Å². The van der Waals surface area contributed by atoms with Gasteiger partial charge in [-0.3, -0.25) is 9.13 Å². The highest BCUT2D eigenvalue weighted by atomic mass is 16.5. The number of aromatic nitrogens is 4. The van der Waals surface area contributed by atoms with E-state index in [4.69, 9.17) is 9.72 Å². The molecule has 0 saturated carbocycles. The number of fused-ring (bicyclic) bond motifs is 4. The maximum absolute atomic E-state index is 6.76. The topological polar surface area (TPSA) is 35.9 Å². The number of hydrogen-bond acceptors (Lipinski definition) is 2. The maximum Gasteiger partial charge on any atom is 0.269 e. The van der Waals surface area contributed by atoms with Gasteiger partial charge in [0.05, 0.1) is 33.4 Å². The molecule has 1 aliphatic rings. The summed E-state index contributed by atoms with van der Waals surface area (Å²) in [6, 6.07) is 55.4. The van der Waals surface area contributed by atoms with Crippen LogP contribution in [-0.2, 0) is 5.41 Å². The lowest BCUT2D eigenvalue weighted by Crippen LogP contribution is -2.31. The molecule has 1 radical (unpaired) electrons. The predicted octanol–water partition coefficient (Wildman–Crippen LogP) is 11.8. The maximum atomic E-state index is 6.76. The van der Waals surface area contributed by atoms with Crippen molar-refractivity contribution in [2.75, 3.05) is 0 Å². The van der Waals surface area contributed by atoms with Crippen molar-refractivity contribution in [3.05, 3.63) is 206 Å². The van der Waals surface area contributed by atoms with Crippen molar-refractivity contribution in [1.82, 2.24) is 14.1 Å². The van der Waals surface area contributed by atoms with Gasteiger partial charge in [-0.05, 0) is 69.6 Å². The third kappa shape index (κ3) is 6.33. The van der Waals surface area contributed by atoms with E-state index in [1.165, 1.54) is 10.9 Å². The second-order valence-electron chi connectivity index (χ2n) is 15.7. The van der Waals surface area contributed by atoms with Gasteiger partial charge in [0.15, 0.2) is 0 Å². The fourth-order valence-electron chi connectivity index (χ4n) is 8.06. The Balaban J connectivity index is 1.05. The molecular formula is C52H40BN4O. The summed E-state index contributed by atoms with van der Waals surface area (Å²) >= 11 is 0. The standard InChI is InChI=1S/C52H40BN4O/c1-52(2,3)38-31-32-54-50(33-38)57-44-24-11-10-21-42(44)43-30-29-39(34-47(43)57)58-49-28-15-14-27-48(53-49)55-35-56(46-26-13-12-25-45(46)55)51-40(36-17-6-4-7-18-36)22-16-23-41(51)37-19-8-5-9-20-37/h4-34H,1-3H3. The molecule has 0 saturated heterocycles. The zero-order valence-corrected chi connectivity index (χ0v) is 32.7. The van der Waals surface area contributed by atoms with Crippen LogP contribution in [0.3, 0.4) is 0 Å². The van der Waals surface area contributed by atoms with Crippen LogP contribution >= 0.6 is 0 Å². The molecule has 5 nitrogen and oxygen atoms in total. The highest BCUT2D eigenvalue weighted by Gasteiger charge is 2.23. The Bertz CT molecular complexity index is 3030. The number of nitrogens with zero attached hydrogens (tertiary/aromatic N) is 4. The van der Waals surface area contributed by atoms with E-state index in [0.717, 1.165) is 72.6 Å². The van der Waals surface area contributed by atoms with Crippen LogP contribution in [0.15, 0.2) is 194 Å². The first-order valence-electron chi connectivity index (χ1n) is 19.7. The van der Waals surface area contributed by atoms with Crippen LogP contribution < -0.4 is 9.30 Å². The molecule has 0 fully saturated rings. The summed E-state index contributed by atoms with van der Waals surface area (Å²) in [5.74, 6) is 1.62. The molecule has 0 N–H and O–H groups in total. The van der Waals surface area contributed by atoms with Crippen LogP contribution in [0.4, 0.5) is 0 Å². The van der Waals surface area contributed by atoms with Gasteiger partial charge in [-0.2, -0.15) is 0 Å². The summed E-state index contributed by atoms with van der Waals surface area (Å²) in [7, 11) is 2.09. The molecule has 3 aromatic heterocycles. The fourth-order valence-corrected chi connectivity index (χ4v) is 8.06. The lowest BCUT2D eigenvalue weighted by molar-refractivity contribution is -0.571. The largest absolute Gasteiger partial charge is 0.473 e. The van der Waals surface area contributed by atoms with Crippen LogP contribution in [-0.4, -0.2) is 21.4 Å². The molecule has 4 heterocycles. The Morgan fingerprint density at radius 3 is 2.02 bits per heavy atom. The molecule has 9 aromatic rings. The van der Waals surface area contributed by atoms with Gasteiger partial charge < -0.3 is 9.30 Å². The number of hydrogen-bond donors (Lipinski definition) is 0. The zero-order valence-electron chi connectivity index (χ0n) is 32.7. The Kier molecular flexibility index (Phi) is 8.75. The average molecular weight is 748 g/mol. The van der Waals surface area contributed by atoms with Gasteiger partial charge in [0.25, 0.3) is 6.33 Å². The van der Waals surface area contributed by atoms with Crippen molar-refractivity contribution in [2.24, 2.45) is 0 Å². The molecule has 0 spiro atoms. The first-order valence-corrected chi connectivity index (χ1v) is 19.7. The fraction of sp³-hybridized carbons (Fsp3) is 0.0769. The Morgan fingerprint density at radius 1 is 0.621 bits per heavy atom. The number of rotatable bonds is 7. The van der Waals surface area contributed by atoms with Crippen LogP contribution in [0.1, 0.15) is 26.3 Å². The van der Waals surface area contributed by atoms with Gasteiger partial charge in [0.1, 0.15) is 11.6 Å². The van der Waals surface area contributed by atoms with Crippen LogP contribution in [0.2, 0.25) is 0 Å². The minimum atomic E-state index is -0.0114. The highest BCUT2D eigenvalue weighted by Crippen LogP contribution is 2.37. The number of benzene rings is 6. The van der Waals surface area contributed by atoms with Crippen molar-refractivity contribution in [3.8, 4) is 39.5 Å². The number of pyridine rings is 1. The SMILES string of the molecule is CC(C)(C)c1ccnc(-n2c3ccccc3c3ccc(OC4=CC=CC=C(n5[c-][n+](-c6c(-c7ccccc7)cccc6-c6ccccc6)c6ccccc65)[B]4)cc32)c1. The van der Waals surface area contributed by atoms with Crippen molar-refractivity contribution in [2.45, 2.75) is 26.2 Å². The molecular weight excluding hydrogens is 707 g/mol. The molecule has 0 atom stereocenters. The Labute approximate surface area is 339 Å². The summed E-state index contributed by atoms with van der Waals surface area (Å²) < 4.78 is 13.4. The van der Waals surface area contributed by atoms with Gasteiger partial charge in [-0.1, -0.05) is 160 Å². The van der Waals surface area contributed by atoms with Gasteiger partial charge in [0, 0.05) is 28.6 Å². The Hall–Kier alpha value is -7.18. The lowest BCUT2D eigenvalue weighted by atomic mass is 9.71. The molecule has 0 bridgehead atoms.